The molecule has 2 aromatic rings. The lowest BCUT2D eigenvalue weighted by molar-refractivity contribution is -0.385. The average molecular weight is 436 g/mol. The van der Waals surface area contributed by atoms with Crippen LogP contribution in [-0.4, -0.2) is 64.7 Å². The van der Waals surface area contributed by atoms with Crippen LogP contribution in [0.3, 0.4) is 0 Å². The number of nitro benzene ring substituents is 1. The third-order valence-corrected chi connectivity index (χ3v) is 3.74. The number of hydrogen-bond donors (Lipinski definition) is 0. The molecular weight excluding hydrogens is 416 g/mol. The van der Waals surface area contributed by atoms with Crippen molar-refractivity contribution >= 4 is 23.5 Å². The van der Waals surface area contributed by atoms with Gasteiger partial charge in [-0.1, -0.05) is 4.80 Å². The van der Waals surface area contributed by atoms with Crippen LogP contribution in [0.25, 0.3) is 0 Å². The number of ketones is 1. The lowest BCUT2D eigenvalue weighted by Crippen LogP contribution is -2.21. The maximum atomic E-state index is 13.2. The summed E-state index contributed by atoms with van der Waals surface area (Å²) in [7, 11) is 2.55. The van der Waals surface area contributed by atoms with E-state index in [1.54, 1.807) is 13.8 Å². The van der Waals surface area contributed by atoms with Crippen molar-refractivity contribution in [2.24, 2.45) is 0 Å². The Hall–Kier alpha value is -4.03. The molecule has 13 heteroatoms. The summed E-state index contributed by atoms with van der Waals surface area (Å²) in [6, 6.07) is 2.06. The van der Waals surface area contributed by atoms with E-state index >= 15 is 0 Å². The van der Waals surface area contributed by atoms with Crippen LogP contribution in [0.5, 0.6) is 11.5 Å². The van der Waals surface area contributed by atoms with Gasteiger partial charge in [-0.2, -0.15) is 0 Å². The quantitative estimate of drug-likeness (QED) is 0.257. The van der Waals surface area contributed by atoms with Crippen molar-refractivity contribution < 1.29 is 38.3 Å². The number of hydrogen-bond acceptors (Lipinski definition) is 11. The minimum Gasteiger partial charge on any atom is -0.493 e. The summed E-state index contributed by atoms with van der Waals surface area (Å²) in [5.74, 6) is -2.06. The Morgan fingerprint density at radius 3 is 2.19 bits per heavy atom. The van der Waals surface area contributed by atoms with E-state index in [9.17, 15) is 24.5 Å². The Balaban J connectivity index is 2.67. The van der Waals surface area contributed by atoms with Crippen molar-refractivity contribution in [3.8, 4) is 11.5 Å². The zero-order valence-corrected chi connectivity index (χ0v) is 17.4. The molecule has 0 saturated carbocycles. The normalized spacial score (nSPS) is 10.5. The van der Waals surface area contributed by atoms with Gasteiger partial charge in [-0.15, -0.1) is 10.2 Å². The number of esters is 1. The monoisotopic (exact) mass is 436 g/mol. The van der Waals surface area contributed by atoms with E-state index in [2.05, 4.69) is 10.2 Å². The number of carbonyl (C=O) groups is 3. The molecule has 0 aliphatic heterocycles. The minimum absolute atomic E-state index is 0.0144. The van der Waals surface area contributed by atoms with Crippen LogP contribution in [0, 0.1) is 10.1 Å². The second kappa shape index (κ2) is 9.65. The van der Waals surface area contributed by atoms with Gasteiger partial charge in [0.15, 0.2) is 17.2 Å². The summed E-state index contributed by atoms with van der Waals surface area (Å²) < 4.78 is 19.9. The lowest BCUT2D eigenvalue weighted by Gasteiger charge is -2.09. The Bertz CT molecular complexity index is 1030. The molecule has 0 aliphatic carbocycles. The summed E-state index contributed by atoms with van der Waals surface area (Å²) in [4.78, 5) is 48.7. The summed E-state index contributed by atoms with van der Waals surface area (Å²) >= 11 is 0. The second-order valence-electron chi connectivity index (χ2n) is 6.15. The third kappa shape index (κ3) is 4.94. The molecule has 0 amide bonds. The zero-order chi connectivity index (χ0) is 23.3. The molecule has 0 aliphatic rings. The highest BCUT2D eigenvalue weighted by atomic mass is 16.6. The topological polar surface area (TPSA) is 162 Å². The predicted octanol–water partition coefficient (Wildman–Crippen LogP) is 2.00. The minimum atomic E-state index is -1.06. The second-order valence-corrected chi connectivity index (χ2v) is 6.15. The standard InChI is InChI=1S/C18H20N4O9/c1-6-30-17(24)15-14(19-21(20-15)18(25)31-9(2)3)16(23)10-7-12(28-4)13(29-5)8-11(10)22(26)27/h7-9H,6H2,1-5H3. The van der Waals surface area contributed by atoms with E-state index < -0.39 is 51.5 Å². The van der Waals surface area contributed by atoms with Crippen molar-refractivity contribution in [3.05, 3.63) is 39.2 Å². The van der Waals surface area contributed by atoms with E-state index in [-0.39, 0.29) is 18.1 Å². The fraction of sp³-hybridized carbons (Fsp3) is 0.389. The molecule has 2 rings (SSSR count). The number of nitrogens with zero attached hydrogens (tertiary/aromatic N) is 4. The molecule has 166 valence electrons. The van der Waals surface area contributed by atoms with Crippen LogP contribution in [0.1, 0.15) is 47.3 Å². The van der Waals surface area contributed by atoms with Crippen LogP contribution in [-0.2, 0) is 9.47 Å². The van der Waals surface area contributed by atoms with Gasteiger partial charge in [-0.3, -0.25) is 14.9 Å². The van der Waals surface area contributed by atoms with E-state index in [1.165, 1.54) is 21.1 Å². The van der Waals surface area contributed by atoms with Gasteiger partial charge in [0.2, 0.25) is 11.5 Å². The lowest BCUT2D eigenvalue weighted by atomic mass is 10.0. The number of aromatic nitrogens is 3. The predicted molar refractivity (Wildman–Crippen MR) is 103 cm³/mol. The van der Waals surface area contributed by atoms with Gasteiger partial charge in [-0.25, -0.2) is 9.59 Å². The Kier molecular flexibility index (Phi) is 7.24. The highest BCUT2D eigenvalue weighted by Crippen LogP contribution is 2.35. The SMILES string of the molecule is CCOC(=O)c1nn(C(=O)OC(C)C)nc1C(=O)c1cc(OC)c(OC)cc1[N+](=O)[O-]. The molecule has 13 nitrogen and oxygen atoms in total. The number of rotatable bonds is 8. The smallest absolute Gasteiger partial charge is 0.452 e. The maximum absolute atomic E-state index is 13.2. The zero-order valence-electron chi connectivity index (χ0n) is 17.4. The molecule has 1 heterocycles. The fourth-order valence-corrected chi connectivity index (χ4v) is 2.46. The van der Waals surface area contributed by atoms with Crippen LogP contribution in [0.15, 0.2) is 12.1 Å². The van der Waals surface area contributed by atoms with Gasteiger partial charge in [0, 0.05) is 6.07 Å². The van der Waals surface area contributed by atoms with Gasteiger partial charge >= 0.3 is 12.1 Å². The van der Waals surface area contributed by atoms with E-state index in [1.807, 2.05) is 0 Å². The number of ether oxygens (including phenoxy) is 4. The summed E-state index contributed by atoms with van der Waals surface area (Å²) in [5, 5.41) is 18.9. The van der Waals surface area contributed by atoms with Gasteiger partial charge < -0.3 is 18.9 Å². The summed E-state index contributed by atoms with van der Waals surface area (Å²) in [6.45, 7) is 4.63. The highest BCUT2D eigenvalue weighted by Gasteiger charge is 2.33. The number of benzene rings is 1. The molecule has 31 heavy (non-hydrogen) atoms. The van der Waals surface area contributed by atoms with Crippen LogP contribution < -0.4 is 9.47 Å². The van der Waals surface area contributed by atoms with Gasteiger partial charge in [-0.05, 0) is 20.8 Å². The summed E-state index contributed by atoms with van der Waals surface area (Å²) in [6.07, 6.45) is -1.59. The number of carbonyl (C=O) groups excluding carboxylic acids is 3. The first-order chi connectivity index (χ1) is 14.6. The molecule has 0 radical (unpaired) electrons. The Labute approximate surface area is 176 Å². The summed E-state index contributed by atoms with van der Waals surface area (Å²) in [5.41, 5.74) is -2.32. The van der Waals surface area contributed by atoms with Crippen molar-refractivity contribution in [1.82, 2.24) is 15.0 Å². The first-order valence-electron chi connectivity index (χ1n) is 8.95. The number of nitro groups is 1. The molecule has 0 N–H and O–H groups in total. The average Bonchev–Trinajstić information content (AvgIpc) is 3.17. The number of methoxy groups -OCH3 is 2. The van der Waals surface area contributed by atoms with Crippen LogP contribution in [0.4, 0.5) is 10.5 Å². The molecule has 0 atom stereocenters. The third-order valence-electron chi connectivity index (χ3n) is 3.74. The first kappa shape index (κ1) is 23.3. The Morgan fingerprint density at radius 2 is 1.68 bits per heavy atom. The molecule has 0 saturated heterocycles. The van der Waals surface area contributed by atoms with Crippen LogP contribution >= 0.6 is 0 Å². The van der Waals surface area contributed by atoms with Crippen LogP contribution in [0.2, 0.25) is 0 Å². The van der Waals surface area contributed by atoms with Crippen molar-refractivity contribution in [2.75, 3.05) is 20.8 Å². The van der Waals surface area contributed by atoms with Gasteiger partial charge in [0.05, 0.1) is 37.9 Å². The molecule has 0 bridgehead atoms. The van der Waals surface area contributed by atoms with Gasteiger partial charge in [0.25, 0.3) is 5.69 Å². The molecule has 0 unspecified atom stereocenters. The van der Waals surface area contributed by atoms with E-state index in [4.69, 9.17) is 18.9 Å². The molecule has 1 aromatic heterocycles. The maximum Gasteiger partial charge on any atom is 0.452 e. The fourth-order valence-electron chi connectivity index (χ4n) is 2.46. The molecule has 0 spiro atoms. The largest absolute Gasteiger partial charge is 0.493 e. The Morgan fingerprint density at radius 1 is 1.10 bits per heavy atom. The first-order valence-corrected chi connectivity index (χ1v) is 8.95. The van der Waals surface area contributed by atoms with Crippen molar-refractivity contribution in [1.29, 1.82) is 0 Å². The molecular formula is C18H20N4O9. The van der Waals surface area contributed by atoms with Crippen molar-refractivity contribution in [2.45, 2.75) is 26.9 Å². The highest BCUT2D eigenvalue weighted by molar-refractivity contribution is 6.15. The van der Waals surface area contributed by atoms with E-state index in [0.29, 0.717) is 4.80 Å². The van der Waals surface area contributed by atoms with Crippen molar-refractivity contribution in [3.63, 3.8) is 0 Å². The van der Waals surface area contributed by atoms with E-state index in [0.717, 1.165) is 12.1 Å². The molecule has 1 aromatic carbocycles. The molecule has 0 fully saturated rings. The van der Waals surface area contributed by atoms with Gasteiger partial charge in [0.1, 0.15) is 5.56 Å².